The molecule has 0 aromatic rings. The second kappa shape index (κ2) is 2.74. The van der Waals surface area contributed by atoms with Crippen molar-refractivity contribution >= 4 is 11.9 Å². The summed E-state index contributed by atoms with van der Waals surface area (Å²) >= 11 is 0. The quantitative estimate of drug-likeness (QED) is 0.523. The molecule has 4 nitrogen and oxygen atoms in total. The summed E-state index contributed by atoms with van der Waals surface area (Å²) in [6.45, 7) is 0. The normalized spacial score (nSPS) is 20.2. The summed E-state index contributed by atoms with van der Waals surface area (Å²) in [6.07, 6.45) is 1.51. The van der Waals surface area contributed by atoms with Gasteiger partial charge in [0, 0.05) is 0 Å². The maximum Gasteiger partial charge on any atom is 0.334 e. The van der Waals surface area contributed by atoms with Crippen LogP contribution in [0.25, 0.3) is 0 Å². The second-order valence-corrected chi connectivity index (χ2v) is 2.11. The van der Waals surface area contributed by atoms with E-state index < -0.39 is 17.9 Å². The van der Waals surface area contributed by atoms with Crippen LogP contribution in [-0.4, -0.2) is 26.2 Å². The summed E-state index contributed by atoms with van der Waals surface area (Å²) in [5.41, 5.74) is 0.388. The van der Waals surface area contributed by atoms with Crippen LogP contribution in [0.5, 0.6) is 0 Å². The van der Waals surface area contributed by atoms with Crippen molar-refractivity contribution in [2.24, 2.45) is 5.92 Å². The van der Waals surface area contributed by atoms with Crippen molar-refractivity contribution in [1.29, 1.82) is 0 Å². The fourth-order valence-corrected chi connectivity index (χ4v) is 0.766. The molecule has 0 radical (unpaired) electrons. The Kier molecular flexibility index (Phi) is 1.94. The van der Waals surface area contributed by atoms with Gasteiger partial charge in [-0.05, 0) is 0 Å². The van der Waals surface area contributed by atoms with Crippen molar-refractivity contribution in [1.82, 2.24) is 0 Å². The molecule has 1 atom stereocenters. The lowest BCUT2D eigenvalue weighted by molar-refractivity contribution is -0.144. The highest BCUT2D eigenvalue weighted by molar-refractivity contribution is 6.03. The van der Waals surface area contributed by atoms with Gasteiger partial charge in [0.1, 0.15) is 5.92 Å². The van der Waals surface area contributed by atoms with Gasteiger partial charge in [0.05, 0.1) is 19.8 Å². The van der Waals surface area contributed by atoms with Crippen molar-refractivity contribution in [2.75, 3.05) is 14.2 Å². The van der Waals surface area contributed by atoms with Gasteiger partial charge < -0.3 is 9.47 Å². The minimum Gasteiger partial charge on any atom is -0.468 e. The van der Waals surface area contributed by atoms with Gasteiger partial charge in [-0.3, -0.25) is 4.79 Å². The van der Waals surface area contributed by atoms with Crippen molar-refractivity contribution in [3.8, 4) is 0 Å². The molecule has 1 aliphatic carbocycles. The molecule has 1 unspecified atom stereocenters. The molecular weight excluding hydrogens is 148 g/mol. The highest BCUT2D eigenvalue weighted by Gasteiger charge is 2.38. The zero-order valence-electron chi connectivity index (χ0n) is 6.29. The third-order valence-corrected chi connectivity index (χ3v) is 1.45. The Balaban J connectivity index is 2.42. The van der Waals surface area contributed by atoms with E-state index in [9.17, 15) is 9.59 Å². The molecule has 0 fully saturated rings. The maximum atomic E-state index is 10.7. The SMILES string of the molecule is COC(=O)C1=CC1C(=O)OC. The van der Waals surface area contributed by atoms with Gasteiger partial charge in [0.15, 0.2) is 0 Å². The Hall–Kier alpha value is -1.32. The van der Waals surface area contributed by atoms with E-state index in [1.807, 2.05) is 0 Å². The van der Waals surface area contributed by atoms with E-state index in [1.54, 1.807) is 0 Å². The van der Waals surface area contributed by atoms with Gasteiger partial charge in [-0.1, -0.05) is 6.08 Å². The molecule has 4 heteroatoms. The Labute approximate surface area is 63.8 Å². The monoisotopic (exact) mass is 156 g/mol. The van der Waals surface area contributed by atoms with E-state index in [-0.39, 0.29) is 0 Å². The van der Waals surface area contributed by atoms with Crippen LogP contribution in [0.15, 0.2) is 11.6 Å². The van der Waals surface area contributed by atoms with E-state index in [0.29, 0.717) is 5.57 Å². The van der Waals surface area contributed by atoms with Crippen molar-refractivity contribution in [3.63, 3.8) is 0 Å². The molecule has 0 aliphatic heterocycles. The zero-order chi connectivity index (χ0) is 8.43. The molecule has 0 bridgehead atoms. The van der Waals surface area contributed by atoms with Gasteiger partial charge in [0.2, 0.25) is 0 Å². The summed E-state index contributed by atoms with van der Waals surface area (Å²) in [5, 5.41) is 0. The molecule has 0 N–H and O–H groups in total. The van der Waals surface area contributed by atoms with Crippen molar-refractivity contribution in [3.05, 3.63) is 11.6 Å². The van der Waals surface area contributed by atoms with Crippen molar-refractivity contribution < 1.29 is 19.1 Å². The molecule has 0 spiro atoms. The van der Waals surface area contributed by atoms with Crippen LogP contribution in [0.1, 0.15) is 0 Å². The highest BCUT2D eigenvalue weighted by Crippen LogP contribution is 2.30. The molecule has 0 aromatic heterocycles. The molecular formula is C7H8O4. The number of ether oxygens (including phenoxy) is 2. The first-order chi connectivity index (χ1) is 5.20. The van der Waals surface area contributed by atoms with Crippen LogP contribution in [0.3, 0.4) is 0 Å². The van der Waals surface area contributed by atoms with Gasteiger partial charge in [0.25, 0.3) is 0 Å². The Morgan fingerprint density at radius 3 is 2.45 bits per heavy atom. The van der Waals surface area contributed by atoms with Crippen LogP contribution in [0.4, 0.5) is 0 Å². The number of methoxy groups -OCH3 is 2. The number of carbonyl (C=O) groups excluding carboxylic acids is 2. The first-order valence-corrected chi connectivity index (χ1v) is 3.08. The lowest BCUT2D eigenvalue weighted by atomic mass is 10.3. The van der Waals surface area contributed by atoms with Crippen molar-refractivity contribution in [2.45, 2.75) is 0 Å². The van der Waals surface area contributed by atoms with Crippen LogP contribution in [0, 0.1) is 5.92 Å². The van der Waals surface area contributed by atoms with Gasteiger partial charge in [-0.2, -0.15) is 0 Å². The minimum absolute atomic E-state index is 0.388. The Morgan fingerprint density at radius 1 is 1.36 bits per heavy atom. The molecule has 0 aromatic carbocycles. The van der Waals surface area contributed by atoms with Gasteiger partial charge >= 0.3 is 11.9 Å². The van der Waals surface area contributed by atoms with E-state index in [2.05, 4.69) is 9.47 Å². The summed E-state index contributed by atoms with van der Waals surface area (Å²) in [5.74, 6) is -1.33. The molecule has 0 saturated heterocycles. The molecule has 60 valence electrons. The predicted octanol–water partition coefficient (Wildman–Crippen LogP) is -0.111. The van der Waals surface area contributed by atoms with Gasteiger partial charge in [-0.25, -0.2) is 4.79 Å². The largest absolute Gasteiger partial charge is 0.468 e. The fourth-order valence-electron chi connectivity index (χ4n) is 0.766. The number of esters is 2. The molecule has 0 heterocycles. The number of hydrogen-bond donors (Lipinski definition) is 0. The zero-order valence-corrected chi connectivity index (χ0v) is 6.29. The van der Waals surface area contributed by atoms with E-state index in [1.165, 1.54) is 20.3 Å². The fraction of sp³-hybridized carbons (Fsp3) is 0.429. The first-order valence-electron chi connectivity index (χ1n) is 3.08. The lowest BCUT2D eigenvalue weighted by Crippen LogP contribution is -2.09. The Bertz CT molecular complexity index is 229. The van der Waals surface area contributed by atoms with E-state index in [4.69, 9.17) is 0 Å². The smallest absolute Gasteiger partial charge is 0.334 e. The second-order valence-electron chi connectivity index (χ2n) is 2.11. The number of carbonyl (C=O) groups is 2. The topological polar surface area (TPSA) is 52.6 Å². The average molecular weight is 156 g/mol. The molecule has 0 saturated carbocycles. The third kappa shape index (κ3) is 1.39. The molecule has 1 aliphatic rings. The van der Waals surface area contributed by atoms with Gasteiger partial charge in [-0.15, -0.1) is 0 Å². The van der Waals surface area contributed by atoms with Crippen LogP contribution >= 0.6 is 0 Å². The highest BCUT2D eigenvalue weighted by atomic mass is 16.5. The predicted molar refractivity (Wildman–Crippen MR) is 35.6 cm³/mol. The average Bonchev–Trinajstić information content (AvgIpc) is 2.80. The molecule has 1 rings (SSSR count). The lowest BCUT2D eigenvalue weighted by Gasteiger charge is -1.96. The Morgan fingerprint density at radius 2 is 2.00 bits per heavy atom. The van der Waals surface area contributed by atoms with Crippen LogP contribution < -0.4 is 0 Å². The standard InChI is InChI=1S/C7H8O4/c1-10-6(8)4-3-5(4)7(9)11-2/h3-4H,1-2H3. The summed E-state index contributed by atoms with van der Waals surface area (Å²) < 4.78 is 8.78. The first kappa shape index (κ1) is 7.78. The van der Waals surface area contributed by atoms with E-state index >= 15 is 0 Å². The van der Waals surface area contributed by atoms with E-state index in [0.717, 1.165) is 0 Å². The molecule has 0 amide bonds. The molecule has 11 heavy (non-hydrogen) atoms. The maximum absolute atomic E-state index is 10.7. The number of rotatable bonds is 2. The minimum atomic E-state index is -0.465. The van der Waals surface area contributed by atoms with Crippen LogP contribution in [-0.2, 0) is 19.1 Å². The number of hydrogen-bond acceptors (Lipinski definition) is 4. The summed E-state index contributed by atoms with van der Waals surface area (Å²) in [4.78, 5) is 21.4. The summed E-state index contributed by atoms with van der Waals surface area (Å²) in [7, 11) is 2.55. The third-order valence-electron chi connectivity index (χ3n) is 1.45. The summed E-state index contributed by atoms with van der Waals surface area (Å²) in [6, 6.07) is 0. The van der Waals surface area contributed by atoms with Crippen LogP contribution in [0.2, 0.25) is 0 Å².